The van der Waals surface area contributed by atoms with Crippen LogP contribution in [0.3, 0.4) is 0 Å². The minimum absolute atomic E-state index is 0.744. The summed E-state index contributed by atoms with van der Waals surface area (Å²) in [7, 11) is 4.05. The van der Waals surface area contributed by atoms with Gasteiger partial charge >= 0.3 is 0 Å². The number of hydrogen-bond donors (Lipinski definition) is 1. The van der Waals surface area contributed by atoms with Crippen LogP contribution in [0, 0.1) is 0 Å². The Balaban J connectivity index is 1.99. The second kappa shape index (κ2) is 5.31. The molecule has 0 saturated carbocycles. The molecule has 0 bridgehead atoms. The van der Waals surface area contributed by atoms with E-state index in [4.69, 9.17) is 11.6 Å². The topological polar surface area (TPSA) is 28.2 Å². The summed E-state index contributed by atoms with van der Waals surface area (Å²) in [5.74, 6) is 0. The summed E-state index contributed by atoms with van der Waals surface area (Å²) in [6, 6.07) is 13.9. The van der Waals surface area contributed by atoms with Crippen LogP contribution in [-0.2, 0) is 0 Å². The molecule has 1 heterocycles. The van der Waals surface area contributed by atoms with Crippen LogP contribution in [0.2, 0.25) is 5.02 Å². The quantitative estimate of drug-likeness (QED) is 0.756. The summed E-state index contributed by atoms with van der Waals surface area (Å²) >= 11 is 7.76. The van der Waals surface area contributed by atoms with Gasteiger partial charge in [-0.2, -0.15) is 0 Å². The Hall–Kier alpha value is -1.78. The van der Waals surface area contributed by atoms with Crippen molar-refractivity contribution in [1.29, 1.82) is 0 Å². The van der Waals surface area contributed by atoms with Crippen LogP contribution in [-0.4, -0.2) is 19.1 Å². The highest BCUT2D eigenvalue weighted by atomic mass is 35.5. The maximum atomic E-state index is 6.19. The second-order valence-electron chi connectivity index (χ2n) is 4.64. The number of rotatable bonds is 3. The number of thiazole rings is 1. The van der Waals surface area contributed by atoms with Gasteiger partial charge in [-0.05, 0) is 24.3 Å². The highest BCUT2D eigenvalue weighted by Crippen LogP contribution is 2.35. The van der Waals surface area contributed by atoms with Crippen LogP contribution in [0.5, 0.6) is 0 Å². The van der Waals surface area contributed by atoms with E-state index in [-0.39, 0.29) is 0 Å². The molecule has 3 rings (SSSR count). The van der Waals surface area contributed by atoms with E-state index in [9.17, 15) is 0 Å². The first-order valence-corrected chi connectivity index (χ1v) is 7.43. The molecule has 0 spiro atoms. The Labute approximate surface area is 126 Å². The fraction of sp³-hybridized carbons (Fsp3) is 0.133. The number of hydrogen-bond acceptors (Lipinski definition) is 4. The summed E-state index contributed by atoms with van der Waals surface area (Å²) < 4.78 is 1.01. The molecule has 3 nitrogen and oxygen atoms in total. The third kappa shape index (κ3) is 2.44. The molecular weight excluding hydrogens is 290 g/mol. The summed E-state index contributed by atoms with van der Waals surface area (Å²) in [5.41, 5.74) is 3.08. The second-order valence-corrected chi connectivity index (χ2v) is 6.05. The molecule has 0 amide bonds. The van der Waals surface area contributed by atoms with Crippen LogP contribution in [0.25, 0.3) is 10.2 Å². The molecule has 3 aromatic rings. The highest BCUT2D eigenvalue weighted by molar-refractivity contribution is 7.22. The van der Waals surface area contributed by atoms with Gasteiger partial charge in [0.1, 0.15) is 0 Å². The van der Waals surface area contributed by atoms with Crippen molar-refractivity contribution in [2.75, 3.05) is 24.3 Å². The molecule has 102 valence electrons. The predicted octanol–water partition coefficient (Wildman–Crippen LogP) is 4.76. The van der Waals surface area contributed by atoms with Crippen molar-refractivity contribution in [3.8, 4) is 0 Å². The molecule has 0 aliphatic heterocycles. The lowest BCUT2D eigenvalue weighted by Crippen LogP contribution is -2.10. The number of anilines is 3. The van der Waals surface area contributed by atoms with E-state index >= 15 is 0 Å². The normalized spacial score (nSPS) is 10.8. The molecular formula is C15H14ClN3S. The molecule has 1 N–H and O–H groups in total. The van der Waals surface area contributed by atoms with E-state index < -0.39 is 0 Å². The van der Waals surface area contributed by atoms with Crippen molar-refractivity contribution >= 4 is 49.7 Å². The van der Waals surface area contributed by atoms with Gasteiger partial charge < -0.3 is 10.2 Å². The molecule has 0 unspecified atom stereocenters. The van der Waals surface area contributed by atoms with Crippen LogP contribution in [0.1, 0.15) is 0 Å². The molecule has 0 saturated heterocycles. The van der Waals surface area contributed by atoms with Gasteiger partial charge in [-0.15, -0.1) is 0 Å². The zero-order valence-electron chi connectivity index (χ0n) is 11.2. The van der Waals surface area contributed by atoms with Gasteiger partial charge in [0.25, 0.3) is 0 Å². The van der Waals surface area contributed by atoms with Crippen molar-refractivity contribution in [1.82, 2.24) is 4.98 Å². The SMILES string of the molecule is CN(C)c1ccccc1Nc1nc2cccc(Cl)c2s1. The van der Waals surface area contributed by atoms with E-state index in [0.717, 1.165) is 31.7 Å². The molecule has 1 aromatic heterocycles. The van der Waals surface area contributed by atoms with E-state index in [0.29, 0.717) is 0 Å². The number of halogens is 1. The van der Waals surface area contributed by atoms with E-state index in [2.05, 4.69) is 21.3 Å². The highest BCUT2D eigenvalue weighted by Gasteiger charge is 2.09. The fourth-order valence-corrected chi connectivity index (χ4v) is 3.22. The molecule has 5 heteroatoms. The third-order valence-corrected chi connectivity index (χ3v) is 4.44. The Morgan fingerprint density at radius 2 is 1.90 bits per heavy atom. The number of para-hydroxylation sites is 2. The van der Waals surface area contributed by atoms with Gasteiger partial charge in [0.15, 0.2) is 5.13 Å². The monoisotopic (exact) mass is 303 g/mol. The van der Waals surface area contributed by atoms with E-state index in [1.807, 2.05) is 50.5 Å². The van der Waals surface area contributed by atoms with Gasteiger partial charge in [-0.3, -0.25) is 0 Å². The largest absolute Gasteiger partial charge is 0.376 e. The maximum absolute atomic E-state index is 6.19. The molecule has 0 fully saturated rings. The van der Waals surface area contributed by atoms with Gasteiger partial charge in [-0.25, -0.2) is 4.98 Å². The zero-order chi connectivity index (χ0) is 14.1. The van der Waals surface area contributed by atoms with Crippen LogP contribution in [0.15, 0.2) is 42.5 Å². The molecule has 0 aliphatic carbocycles. The first-order valence-electron chi connectivity index (χ1n) is 6.23. The molecule has 0 radical (unpaired) electrons. The van der Waals surface area contributed by atoms with Gasteiger partial charge in [-0.1, -0.05) is 41.1 Å². The number of benzene rings is 2. The number of fused-ring (bicyclic) bond motifs is 1. The molecule has 0 aliphatic rings. The lowest BCUT2D eigenvalue weighted by Gasteiger charge is -2.17. The van der Waals surface area contributed by atoms with E-state index in [1.54, 1.807) is 11.3 Å². The third-order valence-electron chi connectivity index (χ3n) is 2.99. The minimum atomic E-state index is 0.744. The van der Waals surface area contributed by atoms with Gasteiger partial charge in [0.05, 0.1) is 26.6 Å². The first kappa shape index (κ1) is 13.2. The molecule has 2 aromatic carbocycles. The van der Waals surface area contributed by atoms with Gasteiger partial charge in [0, 0.05) is 14.1 Å². The lowest BCUT2D eigenvalue weighted by molar-refractivity contribution is 1.13. The van der Waals surface area contributed by atoms with E-state index in [1.165, 1.54) is 0 Å². The average Bonchev–Trinajstić information content (AvgIpc) is 2.83. The predicted molar refractivity (Wildman–Crippen MR) is 88.7 cm³/mol. The van der Waals surface area contributed by atoms with Crippen molar-refractivity contribution in [2.45, 2.75) is 0 Å². The zero-order valence-corrected chi connectivity index (χ0v) is 12.8. The fourth-order valence-electron chi connectivity index (χ4n) is 2.05. The molecule has 20 heavy (non-hydrogen) atoms. The average molecular weight is 304 g/mol. The first-order chi connectivity index (χ1) is 9.65. The number of nitrogens with zero attached hydrogens (tertiary/aromatic N) is 2. The molecule has 0 atom stereocenters. The minimum Gasteiger partial charge on any atom is -0.376 e. The van der Waals surface area contributed by atoms with Crippen LogP contribution in [0.4, 0.5) is 16.5 Å². The summed E-state index contributed by atoms with van der Waals surface area (Å²) in [4.78, 5) is 6.65. The standard InChI is InChI=1S/C15H14ClN3S/c1-19(2)13-9-4-3-7-11(13)17-15-18-12-8-5-6-10(16)14(12)20-15/h3-9H,1-2H3,(H,17,18). The summed E-state index contributed by atoms with van der Waals surface area (Å²) in [6.45, 7) is 0. The van der Waals surface area contributed by atoms with Gasteiger partial charge in [0.2, 0.25) is 0 Å². The summed E-state index contributed by atoms with van der Waals surface area (Å²) in [6.07, 6.45) is 0. The maximum Gasteiger partial charge on any atom is 0.188 e. The van der Waals surface area contributed by atoms with Crippen molar-refractivity contribution in [3.05, 3.63) is 47.5 Å². The Bertz CT molecular complexity index is 752. The van der Waals surface area contributed by atoms with Crippen molar-refractivity contribution < 1.29 is 0 Å². The Kier molecular flexibility index (Phi) is 3.51. The number of nitrogens with one attached hydrogen (secondary N) is 1. The van der Waals surface area contributed by atoms with Crippen LogP contribution >= 0.6 is 22.9 Å². The smallest absolute Gasteiger partial charge is 0.188 e. The van der Waals surface area contributed by atoms with Crippen molar-refractivity contribution in [2.24, 2.45) is 0 Å². The van der Waals surface area contributed by atoms with Crippen LogP contribution < -0.4 is 10.2 Å². The number of aromatic nitrogens is 1. The Morgan fingerprint density at radius 1 is 1.10 bits per heavy atom. The van der Waals surface area contributed by atoms with Crippen molar-refractivity contribution in [3.63, 3.8) is 0 Å². The Morgan fingerprint density at radius 3 is 2.65 bits per heavy atom. The lowest BCUT2D eigenvalue weighted by atomic mass is 10.2. The summed E-state index contributed by atoms with van der Waals surface area (Å²) in [5, 5.41) is 4.97.